The van der Waals surface area contributed by atoms with Crippen molar-refractivity contribution in [3.8, 4) is 17.2 Å². The quantitative estimate of drug-likeness (QED) is 0.305. The molecule has 39 heavy (non-hydrogen) atoms. The molecule has 2 aromatic carbocycles. The lowest BCUT2D eigenvalue weighted by Crippen LogP contribution is -2.51. The summed E-state index contributed by atoms with van der Waals surface area (Å²) in [5, 5.41) is 26.5. The maximum absolute atomic E-state index is 9.55. The fraction of sp³-hybridized carbons (Fsp3) is 0.321. The van der Waals surface area contributed by atoms with Crippen molar-refractivity contribution in [2.24, 2.45) is 7.05 Å². The summed E-state index contributed by atoms with van der Waals surface area (Å²) >= 11 is 0. The zero-order chi connectivity index (χ0) is 26.5. The third-order valence-electron chi connectivity index (χ3n) is 7.80. The Kier molecular flexibility index (Phi) is 5.56. The highest BCUT2D eigenvalue weighted by atomic mass is 16.3. The normalized spacial score (nSPS) is 18.6. The lowest BCUT2D eigenvalue weighted by molar-refractivity contribution is 0.464. The predicted molar refractivity (Wildman–Crippen MR) is 149 cm³/mol. The molecule has 2 atom stereocenters. The van der Waals surface area contributed by atoms with E-state index in [0.29, 0.717) is 47.5 Å². The first-order valence-electron chi connectivity index (χ1n) is 13.2. The minimum atomic E-state index is 0.132. The Labute approximate surface area is 224 Å². The van der Waals surface area contributed by atoms with E-state index in [1.54, 1.807) is 6.33 Å². The van der Waals surface area contributed by atoms with Gasteiger partial charge in [0.2, 0.25) is 11.8 Å². The third-order valence-corrected chi connectivity index (χ3v) is 7.80. The number of hydrogen-bond acceptors (Lipinski definition) is 10. The number of para-hydroxylation sites is 1. The Balaban J connectivity index is 1.30. The molecule has 2 unspecified atom stereocenters. The van der Waals surface area contributed by atoms with Gasteiger partial charge in [-0.3, -0.25) is 0 Å². The third kappa shape index (κ3) is 4.09. The van der Waals surface area contributed by atoms with Crippen LogP contribution < -0.4 is 21.3 Å². The van der Waals surface area contributed by atoms with E-state index in [9.17, 15) is 5.26 Å². The molecule has 7 rings (SSSR count). The number of aryl methyl sites for hydroxylation is 1. The minimum Gasteiger partial charge on any atom is -0.439 e. The SMILES string of the molecule is Cn1cnnc1CCNc1nc(N2CC3CCC(C2)N3)c2ccc(-c3cccc4c(C#N)c(N)oc34)cc2n1. The van der Waals surface area contributed by atoms with Crippen molar-refractivity contribution in [1.29, 1.82) is 5.26 Å². The second-order valence-corrected chi connectivity index (χ2v) is 10.3. The summed E-state index contributed by atoms with van der Waals surface area (Å²) in [5.74, 6) is 2.55. The Morgan fingerprint density at radius 2 is 2.00 bits per heavy atom. The molecule has 0 saturated carbocycles. The molecule has 196 valence electrons. The van der Waals surface area contributed by atoms with Crippen molar-refractivity contribution in [1.82, 2.24) is 30.0 Å². The first kappa shape index (κ1) is 23.4. The molecule has 0 aliphatic carbocycles. The summed E-state index contributed by atoms with van der Waals surface area (Å²) in [6.07, 6.45) is 4.79. The van der Waals surface area contributed by atoms with Gasteiger partial charge in [-0.1, -0.05) is 18.2 Å². The summed E-state index contributed by atoms with van der Waals surface area (Å²) in [6.45, 7) is 2.47. The number of furan rings is 1. The molecule has 2 saturated heterocycles. The lowest BCUT2D eigenvalue weighted by Gasteiger charge is -2.34. The van der Waals surface area contributed by atoms with Crippen molar-refractivity contribution in [3.63, 3.8) is 0 Å². The fourth-order valence-corrected chi connectivity index (χ4v) is 5.87. The van der Waals surface area contributed by atoms with Gasteiger partial charge in [0.1, 0.15) is 35.2 Å². The molecule has 11 nitrogen and oxygen atoms in total. The number of anilines is 3. The van der Waals surface area contributed by atoms with Gasteiger partial charge in [0.25, 0.3) is 0 Å². The number of nitriles is 1. The van der Waals surface area contributed by atoms with E-state index in [0.717, 1.165) is 46.8 Å². The number of rotatable bonds is 6. The van der Waals surface area contributed by atoms with E-state index in [2.05, 4.69) is 50.0 Å². The van der Waals surface area contributed by atoms with Crippen LogP contribution in [0.25, 0.3) is 33.0 Å². The monoisotopic (exact) mass is 520 g/mol. The van der Waals surface area contributed by atoms with Crippen LogP contribution in [0.3, 0.4) is 0 Å². The molecule has 0 amide bonds. The predicted octanol–water partition coefficient (Wildman–Crippen LogP) is 3.22. The molecule has 0 radical (unpaired) electrons. The van der Waals surface area contributed by atoms with Crippen LogP contribution in [0.15, 0.2) is 47.1 Å². The summed E-state index contributed by atoms with van der Waals surface area (Å²) in [6, 6.07) is 15.1. The number of hydrogen-bond donors (Lipinski definition) is 3. The second-order valence-electron chi connectivity index (χ2n) is 10.3. The van der Waals surface area contributed by atoms with Crippen LogP contribution in [0.2, 0.25) is 0 Å². The number of nitrogens with two attached hydrogens (primary N) is 1. The molecule has 3 aromatic heterocycles. The van der Waals surface area contributed by atoms with Crippen LogP contribution in [-0.4, -0.2) is 56.5 Å². The van der Waals surface area contributed by atoms with Crippen molar-refractivity contribution < 1.29 is 4.42 Å². The number of fused-ring (bicyclic) bond motifs is 4. The Morgan fingerprint density at radius 1 is 1.15 bits per heavy atom. The smallest absolute Gasteiger partial charge is 0.225 e. The van der Waals surface area contributed by atoms with Gasteiger partial charge >= 0.3 is 0 Å². The van der Waals surface area contributed by atoms with Crippen LogP contribution in [0.1, 0.15) is 24.2 Å². The van der Waals surface area contributed by atoms with Gasteiger partial charge in [0, 0.05) is 61.5 Å². The molecule has 2 fully saturated rings. The number of nitrogens with zero attached hydrogens (tertiary/aromatic N) is 7. The molecule has 11 heteroatoms. The van der Waals surface area contributed by atoms with E-state index in [1.165, 1.54) is 12.8 Å². The Bertz CT molecular complexity index is 1740. The molecule has 2 bridgehead atoms. The zero-order valence-corrected chi connectivity index (χ0v) is 21.6. The molecule has 2 aliphatic rings. The average molecular weight is 521 g/mol. The highest BCUT2D eigenvalue weighted by Gasteiger charge is 2.33. The first-order valence-corrected chi connectivity index (χ1v) is 13.2. The first-order chi connectivity index (χ1) is 19.1. The number of nitrogen functional groups attached to an aromatic ring is 1. The maximum Gasteiger partial charge on any atom is 0.225 e. The minimum absolute atomic E-state index is 0.132. The van der Waals surface area contributed by atoms with Crippen LogP contribution in [0.5, 0.6) is 0 Å². The highest BCUT2D eigenvalue weighted by molar-refractivity contribution is 6.01. The van der Waals surface area contributed by atoms with E-state index < -0.39 is 0 Å². The summed E-state index contributed by atoms with van der Waals surface area (Å²) < 4.78 is 7.75. The van der Waals surface area contributed by atoms with Crippen LogP contribution in [0.4, 0.5) is 17.7 Å². The number of nitrogens with one attached hydrogen (secondary N) is 2. The second kappa shape index (κ2) is 9.25. The van der Waals surface area contributed by atoms with Crippen molar-refractivity contribution in [3.05, 3.63) is 54.1 Å². The van der Waals surface area contributed by atoms with E-state index in [-0.39, 0.29) is 5.88 Å². The van der Waals surface area contributed by atoms with Gasteiger partial charge < -0.3 is 30.3 Å². The molecule has 5 aromatic rings. The highest BCUT2D eigenvalue weighted by Crippen LogP contribution is 2.37. The van der Waals surface area contributed by atoms with Gasteiger partial charge in [-0.25, -0.2) is 4.98 Å². The van der Waals surface area contributed by atoms with Crippen molar-refractivity contribution in [2.75, 3.05) is 35.6 Å². The summed E-state index contributed by atoms with van der Waals surface area (Å²) in [7, 11) is 1.94. The lowest BCUT2D eigenvalue weighted by atomic mass is 10.0. The number of piperazine rings is 1. The largest absolute Gasteiger partial charge is 0.439 e. The van der Waals surface area contributed by atoms with Crippen LogP contribution in [-0.2, 0) is 13.5 Å². The van der Waals surface area contributed by atoms with E-state index >= 15 is 0 Å². The van der Waals surface area contributed by atoms with Gasteiger partial charge in [-0.15, -0.1) is 10.2 Å². The Morgan fingerprint density at radius 3 is 2.77 bits per heavy atom. The van der Waals surface area contributed by atoms with E-state index in [4.69, 9.17) is 20.1 Å². The molecule has 5 heterocycles. The van der Waals surface area contributed by atoms with Gasteiger partial charge in [-0.05, 0) is 36.6 Å². The van der Waals surface area contributed by atoms with Gasteiger partial charge in [0.05, 0.1) is 5.52 Å². The zero-order valence-electron chi connectivity index (χ0n) is 21.6. The Hall–Kier alpha value is -4.69. The van der Waals surface area contributed by atoms with Gasteiger partial charge in [-0.2, -0.15) is 10.2 Å². The maximum atomic E-state index is 9.55. The number of benzene rings is 2. The van der Waals surface area contributed by atoms with Crippen LogP contribution in [0, 0.1) is 11.3 Å². The topological polar surface area (TPSA) is 147 Å². The molecule has 2 aliphatic heterocycles. The molecule has 4 N–H and O–H groups in total. The molecule has 0 spiro atoms. The molecular weight excluding hydrogens is 492 g/mol. The van der Waals surface area contributed by atoms with Crippen molar-refractivity contribution in [2.45, 2.75) is 31.3 Å². The summed E-state index contributed by atoms with van der Waals surface area (Å²) in [5.41, 5.74) is 9.59. The van der Waals surface area contributed by atoms with Crippen molar-refractivity contribution >= 4 is 39.5 Å². The van der Waals surface area contributed by atoms with Crippen LogP contribution >= 0.6 is 0 Å². The summed E-state index contributed by atoms with van der Waals surface area (Å²) in [4.78, 5) is 12.3. The standard InChI is InChI=1S/C28H28N10O/c1-37-15-32-36-24(37)9-10-31-28-34-23-11-16(19-3-2-4-20-22(12-29)26(30)39-25(19)20)5-8-21(23)27(35-28)38-13-17-6-7-18(14-38)33-17/h2-5,8,11,15,17-18,33H,6-7,9-10,13-14,30H2,1H3,(H,31,34,35). The van der Waals surface area contributed by atoms with E-state index in [1.807, 2.05) is 29.8 Å². The number of aromatic nitrogens is 5. The fourth-order valence-electron chi connectivity index (χ4n) is 5.87. The average Bonchev–Trinajstić information content (AvgIpc) is 3.62. The molecular formula is C28H28N10O. The van der Waals surface area contributed by atoms with Gasteiger partial charge in [0.15, 0.2) is 0 Å².